The molecule has 0 bridgehead atoms. The fraction of sp³-hybridized carbons (Fsp3) is 0.667. The minimum absolute atomic E-state index is 0. The monoisotopic (exact) mass is 209 g/mol. The summed E-state index contributed by atoms with van der Waals surface area (Å²) in [7, 11) is 0. The van der Waals surface area contributed by atoms with E-state index < -0.39 is 18.0 Å². The van der Waals surface area contributed by atoms with Crippen LogP contribution in [-0.2, 0) is 9.59 Å². The van der Waals surface area contributed by atoms with Crippen molar-refractivity contribution in [2.75, 3.05) is 0 Å². The van der Waals surface area contributed by atoms with E-state index in [0.717, 1.165) is 0 Å². The molecule has 0 aromatic heterocycles. The maximum absolute atomic E-state index is 10.1. The van der Waals surface area contributed by atoms with Crippen LogP contribution in [-0.4, -0.2) is 28.2 Å². The third-order valence-corrected chi connectivity index (χ3v) is 1.22. The predicted molar refractivity (Wildman–Crippen MR) is 39.3 cm³/mol. The molecule has 5 nitrogen and oxygen atoms in total. The molecule has 1 atom stereocenters. The molecule has 1 unspecified atom stereocenters. The first-order valence-corrected chi connectivity index (χ1v) is 3.24. The normalized spacial score (nSPS) is 10.5. The second-order valence-corrected chi connectivity index (χ2v) is 2.23. The standard InChI is InChI=1S/C6H11NO4.2Na.2H/c7-4(6(10)11)2-1-3-5(8)9;;;;/h4H,1-3,7H2,(H,8,9)(H,10,11);;;;/q;2*+1;2*-1. The SMILES string of the molecule is NC(CCCC(=O)O)C(=O)O.[H-].[H-].[Na+].[Na+]. The molecule has 13 heavy (non-hydrogen) atoms. The van der Waals surface area contributed by atoms with E-state index >= 15 is 0 Å². The smallest absolute Gasteiger partial charge is 1.00 e. The molecule has 0 saturated heterocycles. The average molecular weight is 209 g/mol. The Morgan fingerprint density at radius 1 is 1.31 bits per heavy atom. The van der Waals surface area contributed by atoms with Crippen molar-refractivity contribution in [1.82, 2.24) is 0 Å². The minimum atomic E-state index is -1.09. The summed E-state index contributed by atoms with van der Waals surface area (Å²) in [5.41, 5.74) is 5.11. The van der Waals surface area contributed by atoms with Crippen molar-refractivity contribution in [3.05, 3.63) is 0 Å². The number of nitrogens with two attached hydrogens (primary N) is 1. The zero-order chi connectivity index (χ0) is 8.85. The van der Waals surface area contributed by atoms with Crippen LogP contribution >= 0.6 is 0 Å². The van der Waals surface area contributed by atoms with Gasteiger partial charge in [0.1, 0.15) is 6.04 Å². The number of aliphatic carboxylic acids is 2. The Morgan fingerprint density at radius 2 is 1.77 bits per heavy atom. The average Bonchev–Trinajstić information content (AvgIpc) is 1.86. The molecular weight excluding hydrogens is 196 g/mol. The van der Waals surface area contributed by atoms with Gasteiger partial charge in [-0.1, -0.05) is 0 Å². The molecule has 0 rings (SSSR count). The first-order valence-electron chi connectivity index (χ1n) is 3.24. The van der Waals surface area contributed by atoms with Crippen LogP contribution in [0.1, 0.15) is 22.1 Å². The maximum atomic E-state index is 10.1. The van der Waals surface area contributed by atoms with Crippen LogP contribution in [0.25, 0.3) is 0 Å². The molecule has 0 heterocycles. The van der Waals surface area contributed by atoms with E-state index in [1.54, 1.807) is 0 Å². The molecule has 0 aliphatic heterocycles. The van der Waals surface area contributed by atoms with Gasteiger partial charge in [0, 0.05) is 6.42 Å². The zero-order valence-electron chi connectivity index (χ0n) is 9.99. The molecular formula is C6H13NNa2O4. The molecule has 4 N–H and O–H groups in total. The summed E-state index contributed by atoms with van der Waals surface area (Å²) in [5, 5.41) is 16.5. The summed E-state index contributed by atoms with van der Waals surface area (Å²) >= 11 is 0. The Balaban J connectivity index is -0.0000000833. The number of carbonyl (C=O) groups is 2. The van der Waals surface area contributed by atoms with Gasteiger partial charge in [-0.15, -0.1) is 0 Å². The van der Waals surface area contributed by atoms with Crippen LogP contribution < -0.4 is 64.8 Å². The molecule has 68 valence electrons. The van der Waals surface area contributed by atoms with E-state index in [1.807, 2.05) is 0 Å². The van der Waals surface area contributed by atoms with Crippen molar-refractivity contribution in [1.29, 1.82) is 0 Å². The molecule has 0 aliphatic rings. The van der Waals surface area contributed by atoms with E-state index in [4.69, 9.17) is 15.9 Å². The molecule has 0 saturated carbocycles. The van der Waals surface area contributed by atoms with Gasteiger partial charge in [-0.3, -0.25) is 9.59 Å². The molecule has 0 aromatic rings. The van der Waals surface area contributed by atoms with Gasteiger partial charge in [0.15, 0.2) is 0 Å². The second kappa shape index (κ2) is 11.0. The van der Waals surface area contributed by atoms with Crippen LogP contribution in [0.15, 0.2) is 0 Å². The number of hydrogen-bond acceptors (Lipinski definition) is 3. The van der Waals surface area contributed by atoms with Gasteiger partial charge in [-0.05, 0) is 12.8 Å². The van der Waals surface area contributed by atoms with Crippen LogP contribution in [0.2, 0.25) is 0 Å². The third kappa shape index (κ3) is 12.9. The first kappa shape index (κ1) is 19.5. The van der Waals surface area contributed by atoms with E-state index in [9.17, 15) is 9.59 Å². The first-order chi connectivity index (χ1) is 5.04. The molecule has 0 aliphatic carbocycles. The van der Waals surface area contributed by atoms with Crippen LogP contribution in [0.3, 0.4) is 0 Å². The van der Waals surface area contributed by atoms with Gasteiger partial charge in [-0.25, -0.2) is 0 Å². The fourth-order valence-corrected chi connectivity index (χ4v) is 0.597. The van der Waals surface area contributed by atoms with E-state index in [2.05, 4.69) is 0 Å². The number of carboxylic acids is 2. The van der Waals surface area contributed by atoms with Crippen molar-refractivity contribution in [3.8, 4) is 0 Å². The number of carboxylic acid groups (broad SMARTS) is 2. The quantitative estimate of drug-likeness (QED) is 0.391. The Hall–Kier alpha value is 0.900. The van der Waals surface area contributed by atoms with Crippen molar-refractivity contribution >= 4 is 11.9 Å². The Labute approximate surface area is 124 Å². The Morgan fingerprint density at radius 3 is 2.08 bits per heavy atom. The largest absolute Gasteiger partial charge is 1.00 e. The zero-order valence-corrected chi connectivity index (χ0v) is 12.0. The minimum Gasteiger partial charge on any atom is -1.00 e. The van der Waals surface area contributed by atoms with Crippen molar-refractivity contribution in [2.24, 2.45) is 5.73 Å². The van der Waals surface area contributed by atoms with E-state index in [-0.39, 0.29) is 74.8 Å². The summed E-state index contributed by atoms with van der Waals surface area (Å²) < 4.78 is 0. The molecule has 0 amide bonds. The molecule has 0 spiro atoms. The van der Waals surface area contributed by atoms with Gasteiger partial charge in [0.25, 0.3) is 0 Å². The van der Waals surface area contributed by atoms with Crippen molar-refractivity contribution in [3.63, 3.8) is 0 Å². The summed E-state index contributed by atoms with van der Waals surface area (Å²) in [6, 6.07) is -0.936. The third-order valence-electron chi connectivity index (χ3n) is 1.22. The Kier molecular flexibility index (Phi) is 16.4. The second-order valence-electron chi connectivity index (χ2n) is 2.23. The summed E-state index contributed by atoms with van der Waals surface area (Å²) in [4.78, 5) is 20.1. The van der Waals surface area contributed by atoms with Crippen LogP contribution in [0.5, 0.6) is 0 Å². The van der Waals surface area contributed by atoms with Crippen LogP contribution in [0.4, 0.5) is 0 Å². The van der Waals surface area contributed by atoms with Crippen molar-refractivity contribution < 1.29 is 81.8 Å². The van der Waals surface area contributed by atoms with Gasteiger partial charge in [0.05, 0.1) is 0 Å². The predicted octanol–water partition coefficient (Wildman–Crippen LogP) is -6.11. The molecule has 7 heteroatoms. The van der Waals surface area contributed by atoms with Crippen molar-refractivity contribution in [2.45, 2.75) is 25.3 Å². The topological polar surface area (TPSA) is 101 Å². The van der Waals surface area contributed by atoms with Gasteiger partial charge >= 0.3 is 71.1 Å². The van der Waals surface area contributed by atoms with E-state index in [1.165, 1.54) is 0 Å². The Bertz CT molecular complexity index is 173. The number of rotatable bonds is 5. The summed E-state index contributed by atoms with van der Waals surface area (Å²) in [5.74, 6) is -2.02. The molecule has 0 aromatic carbocycles. The van der Waals surface area contributed by atoms with Gasteiger partial charge in [-0.2, -0.15) is 0 Å². The maximum Gasteiger partial charge on any atom is 1.00 e. The van der Waals surface area contributed by atoms with Gasteiger partial charge in [0.2, 0.25) is 0 Å². The van der Waals surface area contributed by atoms with E-state index in [0.29, 0.717) is 6.42 Å². The fourth-order valence-electron chi connectivity index (χ4n) is 0.597. The molecule has 0 radical (unpaired) electrons. The summed E-state index contributed by atoms with van der Waals surface area (Å²) in [6.07, 6.45) is 0.491. The molecule has 0 fully saturated rings. The van der Waals surface area contributed by atoms with Crippen LogP contribution in [0, 0.1) is 0 Å². The number of hydrogen-bond donors (Lipinski definition) is 3. The summed E-state index contributed by atoms with van der Waals surface area (Å²) in [6.45, 7) is 0. The van der Waals surface area contributed by atoms with Gasteiger partial charge < -0.3 is 18.8 Å².